The number of aromatic nitrogens is 1. The number of carbonyl (C=O) groups excluding carboxylic acids is 2. The molecule has 0 N–H and O–H groups in total. The Morgan fingerprint density at radius 2 is 1.83 bits per heavy atom. The van der Waals surface area contributed by atoms with Crippen LogP contribution in [0.3, 0.4) is 0 Å². The van der Waals surface area contributed by atoms with Gasteiger partial charge in [0.05, 0.1) is 12.1 Å². The zero-order valence-electron chi connectivity index (χ0n) is 13.1. The molecule has 5 heteroatoms. The van der Waals surface area contributed by atoms with Crippen LogP contribution in [0.5, 0.6) is 0 Å². The largest absolute Gasteiger partial charge is 0.339 e. The van der Waals surface area contributed by atoms with Crippen LogP contribution in [-0.4, -0.2) is 45.3 Å². The Morgan fingerprint density at radius 1 is 1.09 bits per heavy atom. The maximum absolute atomic E-state index is 12.9. The lowest BCUT2D eigenvalue weighted by Crippen LogP contribution is -2.49. The minimum atomic E-state index is 0.0338. The molecular weight excluding hydrogens is 290 g/mol. The van der Waals surface area contributed by atoms with Gasteiger partial charge in [0.2, 0.25) is 5.91 Å². The Hall–Kier alpha value is -2.56. The van der Waals surface area contributed by atoms with E-state index in [1.807, 2.05) is 63.0 Å². The van der Waals surface area contributed by atoms with Crippen molar-refractivity contribution in [1.29, 1.82) is 0 Å². The van der Waals surface area contributed by atoms with Gasteiger partial charge in [0.1, 0.15) is 5.69 Å². The maximum atomic E-state index is 12.9. The van der Waals surface area contributed by atoms with Gasteiger partial charge in [-0.2, -0.15) is 0 Å². The minimum Gasteiger partial charge on any atom is -0.339 e. The number of likely N-dealkylation sites (tertiary alicyclic amines) is 1. The van der Waals surface area contributed by atoms with Crippen molar-refractivity contribution < 1.29 is 9.59 Å². The summed E-state index contributed by atoms with van der Waals surface area (Å²) in [5.41, 5.74) is 1.83. The van der Waals surface area contributed by atoms with E-state index in [4.69, 9.17) is 0 Å². The highest BCUT2D eigenvalue weighted by Gasteiger charge is 2.45. The van der Waals surface area contributed by atoms with E-state index in [9.17, 15) is 9.59 Å². The molecule has 0 spiro atoms. The van der Waals surface area contributed by atoms with Gasteiger partial charge in [0.15, 0.2) is 0 Å². The molecule has 1 aromatic heterocycles. The first kappa shape index (κ1) is 14.1. The Balaban J connectivity index is 1.71. The zero-order chi connectivity index (χ0) is 16.0. The van der Waals surface area contributed by atoms with Gasteiger partial charge >= 0.3 is 0 Å². The van der Waals surface area contributed by atoms with Gasteiger partial charge in [-0.15, -0.1) is 0 Å². The summed E-state index contributed by atoms with van der Waals surface area (Å²) in [5.74, 6) is 0.116. The lowest BCUT2D eigenvalue weighted by atomic mass is 10.0. The highest BCUT2D eigenvalue weighted by molar-refractivity contribution is 5.94. The highest BCUT2D eigenvalue weighted by atomic mass is 16.2. The molecule has 0 bridgehead atoms. The van der Waals surface area contributed by atoms with E-state index in [1.54, 1.807) is 6.92 Å². The molecule has 0 radical (unpaired) electrons. The summed E-state index contributed by atoms with van der Waals surface area (Å²) in [6.45, 7) is 3.45. The van der Waals surface area contributed by atoms with Gasteiger partial charge in [-0.25, -0.2) is 0 Å². The van der Waals surface area contributed by atoms with Crippen molar-refractivity contribution in [1.82, 2.24) is 14.4 Å². The molecule has 2 amide bonds. The van der Waals surface area contributed by atoms with Crippen LogP contribution in [0.4, 0.5) is 0 Å². The second kappa shape index (κ2) is 5.26. The van der Waals surface area contributed by atoms with Crippen LogP contribution in [0, 0.1) is 0 Å². The Kier molecular flexibility index (Phi) is 3.22. The third kappa shape index (κ3) is 2.23. The fraction of sp³-hybridized carbons (Fsp3) is 0.333. The van der Waals surface area contributed by atoms with E-state index in [-0.39, 0.29) is 23.9 Å². The molecule has 2 aliphatic heterocycles. The summed E-state index contributed by atoms with van der Waals surface area (Å²) in [6.07, 6.45) is 1.95. The molecule has 2 aromatic rings. The monoisotopic (exact) mass is 309 g/mol. The quantitative estimate of drug-likeness (QED) is 0.851. The van der Waals surface area contributed by atoms with Crippen LogP contribution in [0.2, 0.25) is 0 Å². The summed E-state index contributed by atoms with van der Waals surface area (Å²) < 4.78 is 2.04. The Morgan fingerprint density at radius 3 is 2.57 bits per heavy atom. The average Bonchev–Trinajstić information content (AvgIpc) is 3.19. The van der Waals surface area contributed by atoms with Crippen LogP contribution >= 0.6 is 0 Å². The Bertz CT molecular complexity index is 753. The summed E-state index contributed by atoms with van der Waals surface area (Å²) >= 11 is 0. The third-order valence-electron chi connectivity index (χ3n) is 4.92. The number of carbonyl (C=O) groups is 2. The molecule has 2 atom stereocenters. The van der Waals surface area contributed by atoms with Crippen molar-refractivity contribution >= 4 is 11.8 Å². The van der Waals surface area contributed by atoms with E-state index >= 15 is 0 Å². The Labute approximate surface area is 135 Å². The molecule has 2 aliphatic rings. The molecule has 3 heterocycles. The molecular formula is C18H19N3O2. The van der Waals surface area contributed by atoms with E-state index in [0.29, 0.717) is 25.3 Å². The molecule has 0 saturated carbocycles. The number of hydrogen-bond acceptors (Lipinski definition) is 2. The van der Waals surface area contributed by atoms with Crippen LogP contribution in [0.15, 0.2) is 48.7 Å². The lowest BCUT2D eigenvalue weighted by molar-refractivity contribution is -0.128. The van der Waals surface area contributed by atoms with Crippen LogP contribution in [0.25, 0.3) is 0 Å². The number of fused-ring (bicyclic) bond motifs is 3. The third-order valence-corrected chi connectivity index (χ3v) is 4.92. The molecule has 0 aliphatic carbocycles. The SMILES string of the molecule is CC(=O)N1CC2C(C1)n1cccc1C(=O)N2Cc1ccccc1. The smallest absolute Gasteiger partial charge is 0.271 e. The van der Waals surface area contributed by atoms with E-state index in [1.165, 1.54) is 0 Å². The van der Waals surface area contributed by atoms with Crippen molar-refractivity contribution in [2.24, 2.45) is 0 Å². The molecule has 1 fully saturated rings. The molecule has 2 unspecified atom stereocenters. The van der Waals surface area contributed by atoms with E-state index < -0.39 is 0 Å². The van der Waals surface area contributed by atoms with E-state index in [2.05, 4.69) is 0 Å². The van der Waals surface area contributed by atoms with Gasteiger partial charge in [0, 0.05) is 32.8 Å². The fourth-order valence-electron chi connectivity index (χ4n) is 3.74. The van der Waals surface area contributed by atoms with Gasteiger partial charge < -0.3 is 14.4 Å². The van der Waals surface area contributed by atoms with Crippen molar-refractivity contribution in [3.63, 3.8) is 0 Å². The van der Waals surface area contributed by atoms with Crippen molar-refractivity contribution in [3.8, 4) is 0 Å². The summed E-state index contributed by atoms with van der Waals surface area (Å²) in [5, 5.41) is 0. The maximum Gasteiger partial charge on any atom is 0.271 e. The number of amides is 2. The number of nitrogens with zero attached hydrogens (tertiary/aromatic N) is 3. The van der Waals surface area contributed by atoms with Crippen molar-refractivity contribution in [3.05, 3.63) is 59.9 Å². The lowest BCUT2D eigenvalue weighted by Gasteiger charge is -2.38. The minimum absolute atomic E-state index is 0.0338. The van der Waals surface area contributed by atoms with Crippen LogP contribution in [-0.2, 0) is 11.3 Å². The van der Waals surface area contributed by atoms with Gasteiger partial charge in [-0.3, -0.25) is 9.59 Å². The van der Waals surface area contributed by atoms with Crippen LogP contribution in [0.1, 0.15) is 29.0 Å². The predicted molar refractivity (Wildman–Crippen MR) is 85.8 cm³/mol. The normalized spacial score (nSPS) is 22.9. The van der Waals surface area contributed by atoms with E-state index in [0.717, 1.165) is 5.56 Å². The summed E-state index contributed by atoms with van der Waals surface area (Å²) in [7, 11) is 0. The molecule has 5 nitrogen and oxygen atoms in total. The first-order chi connectivity index (χ1) is 11.1. The molecule has 23 heavy (non-hydrogen) atoms. The molecule has 1 aromatic carbocycles. The molecule has 4 rings (SSSR count). The second-order valence-corrected chi connectivity index (χ2v) is 6.28. The topological polar surface area (TPSA) is 45.6 Å². The summed E-state index contributed by atoms with van der Waals surface area (Å²) in [6, 6.07) is 14.0. The van der Waals surface area contributed by atoms with Gasteiger partial charge in [-0.05, 0) is 17.7 Å². The zero-order valence-corrected chi connectivity index (χ0v) is 13.1. The first-order valence-electron chi connectivity index (χ1n) is 7.92. The van der Waals surface area contributed by atoms with Crippen LogP contribution < -0.4 is 0 Å². The number of rotatable bonds is 2. The number of benzene rings is 1. The summed E-state index contributed by atoms with van der Waals surface area (Å²) in [4.78, 5) is 28.5. The standard InChI is InChI=1S/C18H19N3O2/c1-13(22)19-11-16-17(12-19)21(10-14-6-3-2-4-7-14)18(23)15-8-5-9-20(15)16/h2-9,16-17H,10-12H2,1H3. The highest BCUT2D eigenvalue weighted by Crippen LogP contribution is 2.34. The number of hydrogen-bond donors (Lipinski definition) is 0. The van der Waals surface area contributed by atoms with Crippen molar-refractivity contribution in [2.75, 3.05) is 13.1 Å². The molecule has 1 saturated heterocycles. The first-order valence-corrected chi connectivity index (χ1v) is 7.92. The predicted octanol–water partition coefficient (Wildman–Crippen LogP) is 1.92. The fourth-order valence-corrected chi connectivity index (χ4v) is 3.74. The van der Waals surface area contributed by atoms with Crippen molar-refractivity contribution in [2.45, 2.75) is 25.6 Å². The second-order valence-electron chi connectivity index (χ2n) is 6.28. The van der Waals surface area contributed by atoms with Gasteiger partial charge in [-0.1, -0.05) is 30.3 Å². The van der Waals surface area contributed by atoms with Gasteiger partial charge in [0.25, 0.3) is 5.91 Å². The molecule has 118 valence electrons. The average molecular weight is 309 g/mol.